The number of nitrogens with one attached hydrogen (secondary N) is 2. The summed E-state index contributed by atoms with van der Waals surface area (Å²) in [6, 6.07) is 0. The predicted octanol–water partition coefficient (Wildman–Crippen LogP) is 0.0902. The number of rotatable bonds is 5. The van der Waals surface area contributed by atoms with Crippen LogP contribution in [0.4, 0.5) is 11.6 Å². The molecule has 0 bridgehead atoms. The molecule has 2 rings (SSSR count). The van der Waals surface area contributed by atoms with Crippen LogP contribution in [0, 0.1) is 0 Å². The molecule has 0 aliphatic carbocycles. The van der Waals surface area contributed by atoms with Crippen LogP contribution in [0.2, 0.25) is 0 Å². The second kappa shape index (κ2) is 5.36. The second-order valence-electron chi connectivity index (χ2n) is 4.23. The van der Waals surface area contributed by atoms with Crippen molar-refractivity contribution in [3.05, 3.63) is 6.33 Å². The van der Waals surface area contributed by atoms with Gasteiger partial charge in [-0.3, -0.25) is 0 Å². The topological polar surface area (TPSA) is 88.5 Å². The number of hydrogen-bond acceptors (Lipinski definition) is 7. The number of ether oxygens (including phenoxy) is 2. The van der Waals surface area contributed by atoms with E-state index in [1.54, 1.807) is 14.2 Å². The van der Waals surface area contributed by atoms with E-state index in [1.165, 1.54) is 6.33 Å². The molecule has 100 valence electrons. The summed E-state index contributed by atoms with van der Waals surface area (Å²) in [5.74, 6) is 1.68. The summed E-state index contributed by atoms with van der Waals surface area (Å²) in [4.78, 5) is 8.16. The zero-order chi connectivity index (χ0) is 13.0. The summed E-state index contributed by atoms with van der Waals surface area (Å²) < 4.78 is 10.4. The van der Waals surface area contributed by atoms with Crippen LogP contribution < -0.4 is 15.4 Å². The van der Waals surface area contributed by atoms with Gasteiger partial charge in [-0.15, -0.1) is 0 Å². The van der Waals surface area contributed by atoms with Gasteiger partial charge >= 0.3 is 0 Å². The minimum absolute atomic E-state index is 0.340. The second-order valence-corrected chi connectivity index (χ2v) is 4.23. The number of anilines is 2. The molecule has 1 unspecified atom stereocenters. The summed E-state index contributed by atoms with van der Waals surface area (Å²) in [5, 5.41) is 16.2. The first kappa shape index (κ1) is 12.8. The molecule has 1 aliphatic rings. The number of nitrogens with zero attached hydrogens (tertiary/aromatic N) is 2. The third kappa shape index (κ3) is 2.62. The van der Waals surface area contributed by atoms with Crippen LogP contribution in [0.1, 0.15) is 6.42 Å². The van der Waals surface area contributed by atoms with Crippen molar-refractivity contribution in [1.29, 1.82) is 0 Å². The maximum absolute atomic E-state index is 10.2. The number of hydrogen-bond donors (Lipinski definition) is 3. The maximum Gasteiger partial charge on any atom is 0.204 e. The Morgan fingerprint density at radius 2 is 2.28 bits per heavy atom. The van der Waals surface area contributed by atoms with Crippen LogP contribution in [-0.4, -0.2) is 54.6 Å². The molecule has 0 aromatic carbocycles. The molecular formula is C11H18N4O3. The van der Waals surface area contributed by atoms with Gasteiger partial charge < -0.3 is 25.2 Å². The molecule has 0 radical (unpaired) electrons. The number of aromatic nitrogens is 2. The molecular weight excluding hydrogens is 236 g/mol. The lowest BCUT2D eigenvalue weighted by Crippen LogP contribution is -2.37. The standard InChI is InChI=1S/C11H18N4O3/c1-12-9-8(17-2)10(15-7-14-9)13-5-11(16)3-4-18-6-11/h7,16H,3-6H2,1-2H3,(H2,12,13,14,15). The molecule has 1 aromatic heterocycles. The Kier molecular flexibility index (Phi) is 3.83. The molecule has 3 N–H and O–H groups in total. The average Bonchev–Trinajstić information content (AvgIpc) is 2.83. The van der Waals surface area contributed by atoms with Crippen molar-refractivity contribution in [1.82, 2.24) is 9.97 Å². The third-order valence-corrected chi connectivity index (χ3v) is 2.91. The SMILES string of the molecule is CNc1ncnc(NCC2(O)CCOC2)c1OC. The Labute approximate surface area is 106 Å². The van der Waals surface area contributed by atoms with Crippen molar-refractivity contribution in [3.8, 4) is 5.75 Å². The average molecular weight is 254 g/mol. The van der Waals surface area contributed by atoms with Gasteiger partial charge in [0.15, 0.2) is 11.6 Å². The van der Waals surface area contributed by atoms with E-state index in [4.69, 9.17) is 9.47 Å². The minimum Gasteiger partial charge on any atom is -0.490 e. The monoisotopic (exact) mass is 254 g/mol. The smallest absolute Gasteiger partial charge is 0.204 e. The van der Waals surface area contributed by atoms with Crippen LogP contribution in [0.3, 0.4) is 0 Å². The maximum atomic E-state index is 10.2. The van der Waals surface area contributed by atoms with Crippen LogP contribution >= 0.6 is 0 Å². The first-order valence-electron chi connectivity index (χ1n) is 5.79. The molecule has 7 heteroatoms. The molecule has 18 heavy (non-hydrogen) atoms. The van der Waals surface area contributed by atoms with Gasteiger partial charge in [-0.25, -0.2) is 9.97 Å². The van der Waals surface area contributed by atoms with Crippen molar-refractivity contribution in [2.24, 2.45) is 0 Å². The highest BCUT2D eigenvalue weighted by Crippen LogP contribution is 2.29. The van der Waals surface area contributed by atoms with Crippen molar-refractivity contribution in [2.75, 3.05) is 44.5 Å². The van der Waals surface area contributed by atoms with Crippen LogP contribution in [0.5, 0.6) is 5.75 Å². The Bertz CT molecular complexity index is 407. The fraction of sp³-hybridized carbons (Fsp3) is 0.636. The lowest BCUT2D eigenvalue weighted by atomic mass is 10.0. The van der Waals surface area contributed by atoms with Gasteiger partial charge in [0.25, 0.3) is 0 Å². The number of methoxy groups -OCH3 is 1. The van der Waals surface area contributed by atoms with E-state index in [1.807, 2.05) is 0 Å². The van der Waals surface area contributed by atoms with Gasteiger partial charge in [0.1, 0.15) is 11.9 Å². The van der Waals surface area contributed by atoms with Crippen LogP contribution in [-0.2, 0) is 4.74 Å². The lowest BCUT2D eigenvalue weighted by Gasteiger charge is -2.22. The van der Waals surface area contributed by atoms with Gasteiger partial charge in [0, 0.05) is 26.6 Å². The summed E-state index contributed by atoms with van der Waals surface area (Å²) in [7, 11) is 3.31. The number of aliphatic hydroxyl groups is 1. The molecule has 7 nitrogen and oxygen atoms in total. The molecule has 1 fully saturated rings. The Hall–Kier alpha value is -1.60. The third-order valence-electron chi connectivity index (χ3n) is 2.91. The largest absolute Gasteiger partial charge is 0.490 e. The molecule has 1 aliphatic heterocycles. The van der Waals surface area contributed by atoms with E-state index >= 15 is 0 Å². The summed E-state index contributed by atoms with van der Waals surface area (Å²) in [6.07, 6.45) is 2.05. The summed E-state index contributed by atoms with van der Waals surface area (Å²) >= 11 is 0. The fourth-order valence-electron chi connectivity index (χ4n) is 1.86. The van der Waals surface area contributed by atoms with Crippen molar-refractivity contribution >= 4 is 11.6 Å². The Morgan fingerprint density at radius 3 is 2.89 bits per heavy atom. The normalized spacial score (nSPS) is 22.8. The van der Waals surface area contributed by atoms with Gasteiger partial charge in [-0.2, -0.15) is 0 Å². The van der Waals surface area contributed by atoms with Gasteiger partial charge in [0.2, 0.25) is 5.75 Å². The molecule has 1 aromatic rings. The van der Waals surface area contributed by atoms with E-state index in [-0.39, 0.29) is 0 Å². The zero-order valence-electron chi connectivity index (χ0n) is 10.6. The van der Waals surface area contributed by atoms with Crippen molar-refractivity contribution in [2.45, 2.75) is 12.0 Å². The minimum atomic E-state index is -0.838. The quantitative estimate of drug-likeness (QED) is 0.686. The summed E-state index contributed by atoms with van der Waals surface area (Å²) in [5.41, 5.74) is -0.838. The first-order chi connectivity index (χ1) is 8.68. The van der Waals surface area contributed by atoms with Gasteiger partial charge in [-0.05, 0) is 0 Å². The highest BCUT2D eigenvalue weighted by molar-refractivity contribution is 5.63. The zero-order valence-corrected chi connectivity index (χ0v) is 10.6. The van der Waals surface area contributed by atoms with E-state index in [0.717, 1.165) is 0 Å². The first-order valence-corrected chi connectivity index (χ1v) is 5.79. The molecule has 1 atom stereocenters. The van der Waals surface area contributed by atoms with Gasteiger partial charge in [-0.1, -0.05) is 0 Å². The highest BCUT2D eigenvalue weighted by atomic mass is 16.5. The van der Waals surface area contributed by atoms with E-state index in [0.29, 0.717) is 43.6 Å². The molecule has 1 saturated heterocycles. The van der Waals surface area contributed by atoms with E-state index in [9.17, 15) is 5.11 Å². The lowest BCUT2D eigenvalue weighted by molar-refractivity contribution is 0.0381. The van der Waals surface area contributed by atoms with Gasteiger partial charge in [0.05, 0.1) is 13.7 Å². The van der Waals surface area contributed by atoms with Crippen molar-refractivity contribution in [3.63, 3.8) is 0 Å². The highest BCUT2D eigenvalue weighted by Gasteiger charge is 2.32. The van der Waals surface area contributed by atoms with E-state index < -0.39 is 5.60 Å². The molecule has 2 heterocycles. The van der Waals surface area contributed by atoms with Crippen LogP contribution in [0.25, 0.3) is 0 Å². The van der Waals surface area contributed by atoms with E-state index in [2.05, 4.69) is 20.6 Å². The Morgan fingerprint density at radius 1 is 1.50 bits per heavy atom. The molecule has 0 spiro atoms. The molecule has 0 saturated carbocycles. The molecule has 0 amide bonds. The Balaban J connectivity index is 2.09. The summed E-state index contributed by atoms with van der Waals surface area (Å²) in [6.45, 7) is 1.29. The van der Waals surface area contributed by atoms with Crippen LogP contribution in [0.15, 0.2) is 6.33 Å². The fourth-order valence-corrected chi connectivity index (χ4v) is 1.86. The predicted molar refractivity (Wildman–Crippen MR) is 67.0 cm³/mol. The van der Waals surface area contributed by atoms with Crippen molar-refractivity contribution < 1.29 is 14.6 Å².